The lowest BCUT2D eigenvalue weighted by Gasteiger charge is -2.18. The summed E-state index contributed by atoms with van der Waals surface area (Å²) < 4.78 is 5.48. The number of rotatable bonds is 4. The standard InChI is InChI=1S/C16H24N2O.ClH/c1-2-19-14-6-3-12(4-7-14)9-18-10-13-5-8-16(17)15(13)11-18;/h3-4,6-7,13,15-16H,2,5,8-11,17H2,1H3;1H. The van der Waals surface area contributed by atoms with E-state index in [9.17, 15) is 0 Å². The van der Waals surface area contributed by atoms with Crippen molar-refractivity contribution in [3.63, 3.8) is 0 Å². The van der Waals surface area contributed by atoms with Crippen LogP contribution in [0.5, 0.6) is 5.75 Å². The van der Waals surface area contributed by atoms with Crippen molar-refractivity contribution in [2.24, 2.45) is 17.6 Å². The summed E-state index contributed by atoms with van der Waals surface area (Å²) in [5.41, 5.74) is 7.56. The molecule has 3 rings (SSSR count). The average molecular weight is 297 g/mol. The fraction of sp³-hybridized carbons (Fsp3) is 0.625. The summed E-state index contributed by atoms with van der Waals surface area (Å²) in [6.07, 6.45) is 2.55. The van der Waals surface area contributed by atoms with Gasteiger partial charge >= 0.3 is 0 Å². The molecule has 3 atom stereocenters. The van der Waals surface area contributed by atoms with Gasteiger partial charge in [0, 0.05) is 25.7 Å². The number of ether oxygens (including phenoxy) is 1. The summed E-state index contributed by atoms with van der Waals surface area (Å²) in [5.74, 6) is 2.55. The molecule has 1 aliphatic carbocycles. The number of hydrogen-bond donors (Lipinski definition) is 1. The van der Waals surface area contributed by atoms with E-state index in [0.717, 1.165) is 30.7 Å². The predicted molar refractivity (Wildman–Crippen MR) is 84.3 cm³/mol. The Kier molecular flexibility index (Phi) is 5.30. The molecule has 3 nitrogen and oxygen atoms in total. The van der Waals surface area contributed by atoms with E-state index in [-0.39, 0.29) is 12.4 Å². The Morgan fingerprint density at radius 2 is 1.95 bits per heavy atom. The molecule has 2 aliphatic rings. The molecule has 0 radical (unpaired) electrons. The van der Waals surface area contributed by atoms with Crippen molar-refractivity contribution < 1.29 is 4.74 Å². The van der Waals surface area contributed by atoms with E-state index in [4.69, 9.17) is 10.5 Å². The van der Waals surface area contributed by atoms with Gasteiger partial charge in [-0.05, 0) is 49.3 Å². The highest BCUT2D eigenvalue weighted by Crippen LogP contribution is 2.37. The van der Waals surface area contributed by atoms with Crippen molar-refractivity contribution in [3.8, 4) is 5.75 Å². The molecule has 1 heterocycles. The van der Waals surface area contributed by atoms with Gasteiger partial charge in [0.25, 0.3) is 0 Å². The highest BCUT2D eigenvalue weighted by atomic mass is 35.5. The third kappa shape index (κ3) is 3.27. The van der Waals surface area contributed by atoms with Gasteiger partial charge in [0.2, 0.25) is 0 Å². The first-order valence-electron chi connectivity index (χ1n) is 7.46. The zero-order chi connectivity index (χ0) is 13.2. The van der Waals surface area contributed by atoms with Gasteiger partial charge < -0.3 is 10.5 Å². The fourth-order valence-electron chi connectivity index (χ4n) is 3.64. The zero-order valence-corrected chi connectivity index (χ0v) is 12.9. The van der Waals surface area contributed by atoms with Crippen LogP contribution in [0.1, 0.15) is 25.3 Å². The van der Waals surface area contributed by atoms with E-state index in [2.05, 4.69) is 29.2 Å². The second kappa shape index (κ2) is 6.79. The largest absolute Gasteiger partial charge is 0.494 e. The third-order valence-electron chi connectivity index (χ3n) is 4.63. The maximum atomic E-state index is 6.19. The van der Waals surface area contributed by atoms with E-state index in [0.29, 0.717) is 6.04 Å². The smallest absolute Gasteiger partial charge is 0.119 e. The first-order chi connectivity index (χ1) is 9.26. The predicted octanol–water partition coefficient (Wildman–Crippen LogP) is 2.68. The highest BCUT2D eigenvalue weighted by Gasteiger charge is 2.40. The van der Waals surface area contributed by atoms with E-state index in [1.54, 1.807) is 0 Å². The Bertz CT molecular complexity index is 423. The molecular weight excluding hydrogens is 272 g/mol. The molecule has 1 saturated carbocycles. The SMILES string of the molecule is CCOc1ccc(CN2CC3CCC(N)C3C2)cc1.Cl. The van der Waals surface area contributed by atoms with Gasteiger partial charge in [-0.25, -0.2) is 0 Å². The van der Waals surface area contributed by atoms with Crippen LogP contribution in [0.25, 0.3) is 0 Å². The number of likely N-dealkylation sites (tertiary alicyclic amines) is 1. The summed E-state index contributed by atoms with van der Waals surface area (Å²) in [4.78, 5) is 2.56. The van der Waals surface area contributed by atoms with Crippen molar-refractivity contribution in [1.82, 2.24) is 4.90 Å². The number of halogens is 1. The molecule has 0 amide bonds. The molecule has 1 aromatic carbocycles. The quantitative estimate of drug-likeness (QED) is 0.928. The van der Waals surface area contributed by atoms with Crippen molar-refractivity contribution in [1.29, 1.82) is 0 Å². The van der Waals surface area contributed by atoms with E-state index in [1.165, 1.54) is 31.5 Å². The summed E-state index contributed by atoms with van der Waals surface area (Å²) in [6.45, 7) is 6.20. The molecule has 3 unspecified atom stereocenters. The molecule has 1 aliphatic heterocycles. The molecule has 20 heavy (non-hydrogen) atoms. The Balaban J connectivity index is 0.00000147. The molecule has 1 saturated heterocycles. The third-order valence-corrected chi connectivity index (χ3v) is 4.63. The number of fused-ring (bicyclic) bond motifs is 1. The number of nitrogens with zero attached hydrogens (tertiary/aromatic N) is 1. The average Bonchev–Trinajstić information content (AvgIpc) is 2.95. The lowest BCUT2D eigenvalue weighted by Crippen LogP contribution is -2.30. The molecule has 2 fully saturated rings. The highest BCUT2D eigenvalue weighted by molar-refractivity contribution is 5.85. The maximum Gasteiger partial charge on any atom is 0.119 e. The lowest BCUT2D eigenvalue weighted by atomic mass is 9.98. The monoisotopic (exact) mass is 296 g/mol. The van der Waals surface area contributed by atoms with Crippen molar-refractivity contribution in [2.45, 2.75) is 32.4 Å². The number of hydrogen-bond acceptors (Lipinski definition) is 3. The summed E-state index contributed by atoms with van der Waals surface area (Å²) >= 11 is 0. The van der Waals surface area contributed by atoms with Gasteiger partial charge in [0.1, 0.15) is 5.75 Å². The second-order valence-electron chi connectivity index (χ2n) is 5.94. The van der Waals surface area contributed by atoms with E-state index >= 15 is 0 Å². The molecule has 1 aromatic rings. The Morgan fingerprint density at radius 3 is 2.60 bits per heavy atom. The van der Waals surface area contributed by atoms with Crippen LogP contribution in [0.2, 0.25) is 0 Å². The van der Waals surface area contributed by atoms with Crippen LogP contribution in [0, 0.1) is 11.8 Å². The Labute approximate surface area is 127 Å². The van der Waals surface area contributed by atoms with Gasteiger partial charge in [-0.1, -0.05) is 12.1 Å². The van der Waals surface area contributed by atoms with E-state index in [1.807, 2.05) is 6.92 Å². The van der Waals surface area contributed by atoms with E-state index < -0.39 is 0 Å². The molecule has 2 N–H and O–H groups in total. The minimum atomic E-state index is 0. The van der Waals surface area contributed by atoms with Crippen LogP contribution in [0.4, 0.5) is 0 Å². The fourth-order valence-corrected chi connectivity index (χ4v) is 3.64. The first kappa shape index (κ1) is 15.6. The number of nitrogens with two attached hydrogens (primary N) is 1. The Hall–Kier alpha value is -0.770. The van der Waals surface area contributed by atoms with Crippen molar-refractivity contribution >= 4 is 12.4 Å². The van der Waals surface area contributed by atoms with Crippen LogP contribution >= 0.6 is 12.4 Å². The summed E-state index contributed by atoms with van der Waals surface area (Å²) in [5, 5.41) is 0. The van der Waals surface area contributed by atoms with Gasteiger partial charge in [0.15, 0.2) is 0 Å². The zero-order valence-electron chi connectivity index (χ0n) is 12.1. The van der Waals surface area contributed by atoms with Crippen LogP contribution in [0.15, 0.2) is 24.3 Å². The molecule has 4 heteroatoms. The molecule has 0 bridgehead atoms. The van der Waals surface area contributed by atoms with Crippen LogP contribution in [-0.2, 0) is 6.54 Å². The van der Waals surface area contributed by atoms with Crippen molar-refractivity contribution in [2.75, 3.05) is 19.7 Å². The van der Waals surface area contributed by atoms with Crippen LogP contribution in [-0.4, -0.2) is 30.6 Å². The maximum absolute atomic E-state index is 6.19. The van der Waals surface area contributed by atoms with Crippen LogP contribution in [0.3, 0.4) is 0 Å². The van der Waals surface area contributed by atoms with Crippen molar-refractivity contribution in [3.05, 3.63) is 29.8 Å². The second-order valence-corrected chi connectivity index (χ2v) is 5.94. The van der Waals surface area contributed by atoms with Gasteiger partial charge in [-0.15, -0.1) is 12.4 Å². The van der Waals surface area contributed by atoms with Gasteiger partial charge in [0.05, 0.1) is 6.61 Å². The van der Waals surface area contributed by atoms with Gasteiger partial charge in [-0.3, -0.25) is 4.90 Å². The first-order valence-corrected chi connectivity index (χ1v) is 7.46. The number of benzene rings is 1. The molecule has 112 valence electrons. The molecule has 0 spiro atoms. The minimum absolute atomic E-state index is 0. The minimum Gasteiger partial charge on any atom is -0.494 e. The molecule has 0 aromatic heterocycles. The molecular formula is C16H25ClN2O. The topological polar surface area (TPSA) is 38.5 Å². The Morgan fingerprint density at radius 1 is 1.20 bits per heavy atom. The summed E-state index contributed by atoms with van der Waals surface area (Å²) in [6, 6.07) is 8.94. The lowest BCUT2D eigenvalue weighted by molar-refractivity contribution is 0.297. The van der Waals surface area contributed by atoms with Gasteiger partial charge in [-0.2, -0.15) is 0 Å². The normalized spacial score (nSPS) is 29.0. The van der Waals surface area contributed by atoms with Crippen LogP contribution < -0.4 is 10.5 Å². The summed E-state index contributed by atoms with van der Waals surface area (Å²) in [7, 11) is 0.